The first-order valence-electron chi connectivity index (χ1n) is 9.91. The minimum atomic E-state index is -0.321. The molecule has 0 bridgehead atoms. The summed E-state index contributed by atoms with van der Waals surface area (Å²) in [6, 6.07) is 19.3. The minimum absolute atomic E-state index is 0.119. The quantitative estimate of drug-likeness (QED) is 0.478. The zero-order valence-electron chi connectivity index (χ0n) is 16.7. The van der Waals surface area contributed by atoms with E-state index in [1.807, 2.05) is 24.3 Å². The molecule has 0 aliphatic carbocycles. The molecule has 0 spiro atoms. The molecule has 7 heteroatoms. The third-order valence-corrected chi connectivity index (χ3v) is 4.91. The molecule has 2 aromatic carbocycles. The van der Waals surface area contributed by atoms with E-state index < -0.39 is 0 Å². The Morgan fingerprint density at radius 3 is 2.61 bits per heavy atom. The van der Waals surface area contributed by atoms with E-state index >= 15 is 0 Å². The Labute approximate surface area is 178 Å². The van der Waals surface area contributed by atoms with Crippen LogP contribution in [0.3, 0.4) is 0 Å². The number of fused-ring (bicyclic) bond motifs is 1. The fourth-order valence-electron chi connectivity index (χ4n) is 3.41. The van der Waals surface area contributed by atoms with Crippen LogP contribution >= 0.6 is 0 Å². The van der Waals surface area contributed by atoms with E-state index in [1.165, 1.54) is 6.07 Å². The molecule has 156 valence electrons. The predicted octanol–water partition coefficient (Wildman–Crippen LogP) is 3.98. The largest absolute Gasteiger partial charge is 0.350 e. The number of halogens is 1. The molecule has 2 heterocycles. The van der Waals surface area contributed by atoms with Gasteiger partial charge in [0.15, 0.2) is 0 Å². The lowest BCUT2D eigenvalue weighted by Crippen LogP contribution is -2.29. The van der Waals surface area contributed by atoms with Gasteiger partial charge in [0.25, 0.3) is 5.91 Å². The van der Waals surface area contributed by atoms with Gasteiger partial charge < -0.3 is 15.2 Å². The van der Waals surface area contributed by atoms with Crippen LogP contribution in [-0.4, -0.2) is 27.9 Å². The smallest absolute Gasteiger partial charge is 0.267 e. The SMILES string of the molecule is O=C(CCNC(=O)c1cc2ccccc2n1Cc1ccccc1F)Nc1cccnc1. The number of aromatic nitrogens is 2. The summed E-state index contributed by atoms with van der Waals surface area (Å²) in [5.74, 6) is -0.861. The van der Waals surface area contributed by atoms with E-state index in [9.17, 15) is 14.0 Å². The van der Waals surface area contributed by atoms with E-state index in [0.29, 0.717) is 16.9 Å². The van der Waals surface area contributed by atoms with Gasteiger partial charge in [-0.05, 0) is 30.3 Å². The predicted molar refractivity (Wildman–Crippen MR) is 117 cm³/mol. The number of para-hydroxylation sites is 1. The molecular weight excluding hydrogens is 395 g/mol. The van der Waals surface area contributed by atoms with Gasteiger partial charge in [-0.3, -0.25) is 14.6 Å². The highest BCUT2D eigenvalue weighted by Gasteiger charge is 2.17. The summed E-state index contributed by atoms with van der Waals surface area (Å²) in [5.41, 5.74) is 2.35. The van der Waals surface area contributed by atoms with Crippen LogP contribution in [0.5, 0.6) is 0 Å². The third kappa shape index (κ3) is 4.78. The van der Waals surface area contributed by atoms with Crippen molar-refractivity contribution in [1.82, 2.24) is 14.9 Å². The highest BCUT2D eigenvalue weighted by atomic mass is 19.1. The van der Waals surface area contributed by atoms with Crippen molar-refractivity contribution in [3.05, 3.63) is 96.2 Å². The van der Waals surface area contributed by atoms with E-state index in [0.717, 1.165) is 10.9 Å². The number of nitrogens with zero attached hydrogens (tertiary/aromatic N) is 2. The molecule has 4 rings (SSSR count). The molecule has 31 heavy (non-hydrogen) atoms. The molecule has 0 unspecified atom stereocenters. The molecule has 0 saturated carbocycles. The van der Waals surface area contributed by atoms with Crippen molar-refractivity contribution in [3.8, 4) is 0 Å². The first kappa shape index (κ1) is 20.3. The molecular formula is C24H21FN4O2. The number of nitrogens with one attached hydrogen (secondary N) is 2. The Balaban J connectivity index is 1.47. The van der Waals surface area contributed by atoms with Crippen LogP contribution in [0, 0.1) is 5.82 Å². The molecule has 0 aliphatic rings. The summed E-state index contributed by atoms with van der Waals surface area (Å²) in [7, 11) is 0. The first-order valence-corrected chi connectivity index (χ1v) is 9.91. The van der Waals surface area contributed by atoms with E-state index in [4.69, 9.17) is 0 Å². The summed E-state index contributed by atoms with van der Waals surface area (Å²) in [4.78, 5) is 28.9. The fraction of sp³-hybridized carbons (Fsp3) is 0.125. The number of hydrogen-bond acceptors (Lipinski definition) is 3. The number of carbonyl (C=O) groups excluding carboxylic acids is 2. The molecule has 2 aromatic heterocycles. The normalized spacial score (nSPS) is 10.7. The van der Waals surface area contributed by atoms with E-state index in [-0.39, 0.29) is 37.1 Å². The number of pyridine rings is 1. The average Bonchev–Trinajstić information content (AvgIpc) is 3.14. The van der Waals surface area contributed by atoms with Gasteiger partial charge in [-0.25, -0.2) is 4.39 Å². The van der Waals surface area contributed by atoms with Crippen molar-refractivity contribution >= 4 is 28.4 Å². The summed E-state index contributed by atoms with van der Waals surface area (Å²) >= 11 is 0. The number of carbonyl (C=O) groups is 2. The van der Waals surface area contributed by atoms with Crippen molar-refractivity contribution < 1.29 is 14.0 Å². The van der Waals surface area contributed by atoms with Crippen LogP contribution < -0.4 is 10.6 Å². The van der Waals surface area contributed by atoms with Crippen molar-refractivity contribution in [2.75, 3.05) is 11.9 Å². The second-order valence-electron chi connectivity index (χ2n) is 7.06. The lowest BCUT2D eigenvalue weighted by Gasteiger charge is -2.12. The third-order valence-electron chi connectivity index (χ3n) is 4.91. The highest BCUT2D eigenvalue weighted by Crippen LogP contribution is 2.22. The molecule has 0 fully saturated rings. The molecule has 0 radical (unpaired) electrons. The Morgan fingerprint density at radius 2 is 1.81 bits per heavy atom. The maximum atomic E-state index is 14.2. The molecule has 6 nitrogen and oxygen atoms in total. The van der Waals surface area contributed by atoms with Gasteiger partial charge in [0.1, 0.15) is 11.5 Å². The van der Waals surface area contributed by atoms with Crippen LogP contribution in [0.2, 0.25) is 0 Å². The Kier molecular flexibility index (Phi) is 6.03. The average molecular weight is 416 g/mol. The van der Waals surface area contributed by atoms with Crippen molar-refractivity contribution in [3.63, 3.8) is 0 Å². The van der Waals surface area contributed by atoms with Crippen molar-refractivity contribution in [2.45, 2.75) is 13.0 Å². The number of benzene rings is 2. The Bertz CT molecular complexity index is 1220. The lowest BCUT2D eigenvalue weighted by molar-refractivity contribution is -0.116. The number of amides is 2. The van der Waals surface area contributed by atoms with Gasteiger partial charge in [-0.2, -0.15) is 0 Å². The molecule has 2 amide bonds. The summed E-state index contributed by atoms with van der Waals surface area (Å²) in [6.07, 6.45) is 3.29. The zero-order valence-corrected chi connectivity index (χ0v) is 16.7. The Morgan fingerprint density at radius 1 is 1.00 bits per heavy atom. The summed E-state index contributed by atoms with van der Waals surface area (Å²) in [5, 5.41) is 6.40. The summed E-state index contributed by atoms with van der Waals surface area (Å²) < 4.78 is 16.0. The molecule has 0 atom stereocenters. The van der Waals surface area contributed by atoms with Gasteiger partial charge in [0, 0.05) is 35.6 Å². The maximum Gasteiger partial charge on any atom is 0.267 e. The topological polar surface area (TPSA) is 76.0 Å². The second-order valence-corrected chi connectivity index (χ2v) is 7.06. The van der Waals surface area contributed by atoms with Crippen molar-refractivity contribution in [1.29, 1.82) is 0 Å². The van der Waals surface area contributed by atoms with Crippen LogP contribution in [-0.2, 0) is 11.3 Å². The maximum absolute atomic E-state index is 14.2. The minimum Gasteiger partial charge on any atom is -0.350 e. The van der Waals surface area contributed by atoms with Gasteiger partial charge >= 0.3 is 0 Å². The van der Waals surface area contributed by atoms with Crippen LogP contribution in [0.15, 0.2) is 79.1 Å². The van der Waals surface area contributed by atoms with Gasteiger partial charge in [0.2, 0.25) is 5.91 Å². The fourth-order valence-corrected chi connectivity index (χ4v) is 3.41. The van der Waals surface area contributed by atoms with Gasteiger partial charge in [-0.15, -0.1) is 0 Å². The second kappa shape index (κ2) is 9.21. The molecule has 0 saturated heterocycles. The number of anilines is 1. The van der Waals surface area contributed by atoms with E-state index in [1.54, 1.807) is 53.4 Å². The molecule has 4 aromatic rings. The number of rotatable bonds is 7. The van der Waals surface area contributed by atoms with E-state index in [2.05, 4.69) is 15.6 Å². The van der Waals surface area contributed by atoms with Crippen molar-refractivity contribution in [2.24, 2.45) is 0 Å². The Hall–Kier alpha value is -4.00. The molecule has 2 N–H and O–H groups in total. The van der Waals surface area contributed by atoms with Gasteiger partial charge in [-0.1, -0.05) is 36.4 Å². The lowest BCUT2D eigenvalue weighted by atomic mass is 10.2. The standard InChI is InChI=1S/C24H21FN4O2/c25-20-9-3-1-7-18(20)16-29-21-10-4-2-6-17(21)14-22(29)24(31)27-13-11-23(30)28-19-8-5-12-26-15-19/h1-10,12,14-15H,11,13,16H2,(H,27,31)(H,28,30). The summed E-state index contributed by atoms with van der Waals surface area (Å²) in [6.45, 7) is 0.399. The molecule has 0 aliphatic heterocycles. The number of hydrogen-bond donors (Lipinski definition) is 2. The first-order chi connectivity index (χ1) is 15.1. The highest BCUT2D eigenvalue weighted by molar-refractivity contribution is 5.99. The zero-order chi connectivity index (χ0) is 21.6. The van der Waals surface area contributed by atoms with Crippen LogP contribution in [0.4, 0.5) is 10.1 Å². The van der Waals surface area contributed by atoms with Gasteiger partial charge in [0.05, 0.1) is 18.4 Å². The van der Waals surface area contributed by atoms with Crippen LogP contribution in [0.1, 0.15) is 22.5 Å². The van der Waals surface area contributed by atoms with Crippen LogP contribution in [0.25, 0.3) is 10.9 Å². The monoisotopic (exact) mass is 416 g/mol.